The Hall–Kier alpha value is -2.00. The number of anilines is 1. The highest BCUT2D eigenvalue weighted by Crippen LogP contribution is 2.19. The van der Waals surface area contributed by atoms with Crippen molar-refractivity contribution in [2.45, 2.75) is 38.8 Å². The van der Waals surface area contributed by atoms with Crippen LogP contribution in [0, 0.1) is 5.92 Å². The second-order valence-electron chi connectivity index (χ2n) is 5.56. The minimum atomic E-state index is -1.10. The zero-order valence-electron chi connectivity index (χ0n) is 12.9. The molecule has 2 unspecified atom stereocenters. The Morgan fingerprint density at radius 3 is 2.74 bits per heavy atom. The second-order valence-corrected chi connectivity index (χ2v) is 6.42. The number of hydrogen-bond donors (Lipinski definition) is 3. The fourth-order valence-electron chi connectivity index (χ4n) is 2.13. The van der Waals surface area contributed by atoms with Crippen LogP contribution in [0.1, 0.15) is 37.2 Å². The van der Waals surface area contributed by atoms with Gasteiger partial charge in [-0.3, -0.25) is 14.9 Å². The van der Waals surface area contributed by atoms with Gasteiger partial charge in [0.05, 0.1) is 0 Å². The van der Waals surface area contributed by atoms with E-state index in [4.69, 9.17) is 9.84 Å². The van der Waals surface area contributed by atoms with Crippen LogP contribution in [0.2, 0.25) is 0 Å². The Morgan fingerprint density at radius 1 is 1.43 bits per heavy atom. The molecule has 1 fully saturated rings. The van der Waals surface area contributed by atoms with Gasteiger partial charge in [0.25, 0.3) is 11.8 Å². The van der Waals surface area contributed by atoms with Crippen molar-refractivity contribution >= 4 is 34.3 Å². The first-order valence-electron chi connectivity index (χ1n) is 7.30. The summed E-state index contributed by atoms with van der Waals surface area (Å²) in [5.41, 5.74) is 0.0736. The number of carboxylic acid groups (broad SMARTS) is 1. The van der Waals surface area contributed by atoms with Gasteiger partial charge in [-0.15, -0.1) is 11.3 Å². The zero-order chi connectivity index (χ0) is 17.0. The van der Waals surface area contributed by atoms with Gasteiger partial charge < -0.3 is 15.2 Å². The normalized spacial score (nSPS) is 18.7. The lowest BCUT2D eigenvalue weighted by Crippen LogP contribution is -2.44. The number of nitrogens with one attached hydrogen (secondary N) is 2. The topological polar surface area (TPSA) is 118 Å². The quantitative estimate of drug-likeness (QED) is 0.713. The number of carboxylic acids is 1. The first-order valence-corrected chi connectivity index (χ1v) is 8.18. The van der Waals surface area contributed by atoms with Gasteiger partial charge in [-0.25, -0.2) is 9.78 Å². The van der Waals surface area contributed by atoms with Gasteiger partial charge in [0.1, 0.15) is 17.8 Å². The molecule has 23 heavy (non-hydrogen) atoms. The molecule has 0 saturated carbocycles. The first-order chi connectivity index (χ1) is 10.9. The van der Waals surface area contributed by atoms with E-state index in [0.717, 1.165) is 17.8 Å². The van der Waals surface area contributed by atoms with Crippen LogP contribution >= 0.6 is 11.3 Å². The number of amides is 2. The lowest BCUT2D eigenvalue weighted by Gasteiger charge is -2.16. The monoisotopic (exact) mass is 341 g/mol. The smallest absolute Gasteiger partial charge is 0.326 e. The molecule has 126 valence electrons. The number of carbonyl (C=O) groups excluding carboxylic acids is 2. The van der Waals surface area contributed by atoms with Crippen molar-refractivity contribution in [2.75, 3.05) is 11.9 Å². The largest absolute Gasteiger partial charge is 0.480 e. The van der Waals surface area contributed by atoms with E-state index in [1.165, 1.54) is 5.38 Å². The molecule has 1 aliphatic heterocycles. The van der Waals surface area contributed by atoms with Crippen molar-refractivity contribution < 1.29 is 24.2 Å². The number of carbonyl (C=O) groups is 3. The average Bonchev–Trinajstić information content (AvgIpc) is 3.14. The molecule has 1 aromatic rings. The summed E-state index contributed by atoms with van der Waals surface area (Å²) in [6, 6.07) is -0.992. The van der Waals surface area contributed by atoms with Gasteiger partial charge in [-0.2, -0.15) is 0 Å². The predicted octanol–water partition coefficient (Wildman–Crippen LogP) is 1.10. The van der Waals surface area contributed by atoms with Crippen molar-refractivity contribution in [2.24, 2.45) is 5.92 Å². The first kappa shape index (κ1) is 17.4. The van der Waals surface area contributed by atoms with Gasteiger partial charge in [-0.05, 0) is 18.8 Å². The third kappa shape index (κ3) is 4.49. The molecule has 0 spiro atoms. The molecule has 1 aliphatic rings. The number of ether oxygens (including phenoxy) is 1. The fraction of sp³-hybridized carbons (Fsp3) is 0.571. The van der Waals surface area contributed by atoms with Crippen LogP contribution in [0.4, 0.5) is 5.13 Å². The number of hydrogen-bond acceptors (Lipinski definition) is 6. The average molecular weight is 341 g/mol. The lowest BCUT2D eigenvalue weighted by atomic mass is 10.0. The van der Waals surface area contributed by atoms with Gasteiger partial charge in [0.15, 0.2) is 5.13 Å². The van der Waals surface area contributed by atoms with Gasteiger partial charge in [0, 0.05) is 12.0 Å². The highest BCUT2D eigenvalue weighted by molar-refractivity contribution is 7.14. The number of aliphatic carboxylic acids is 1. The molecule has 8 nitrogen and oxygen atoms in total. The summed E-state index contributed by atoms with van der Waals surface area (Å²) in [4.78, 5) is 39.1. The maximum atomic E-state index is 12.1. The Labute approximate surface area is 137 Å². The summed E-state index contributed by atoms with van der Waals surface area (Å²) in [6.45, 7) is 3.97. The Morgan fingerprint density at radius 2 is 2.17 bits per heavy atom. The molecular formula is C14H19N3O5S. The Bertz CT molecular complexity index is 595. The molecule has 0 bridgehead atoms. The number of aromatic nitrogens is 1. The Kier molecular flexibility index (Phi) is 5.67. The minimum absolute atomic E-state index is 0.0736. The van der Waals surface area contributed by atoms with Crippen LogP contribution in [-0.4, -0.2) is 46.6 Å². The van der Waals surface area contributed by atoms with Gasteiger partial charge in [0.2, 0.25) is 0 Å². The van der Waals surface area contributed by atoms with Crippen molar-refractivity contribution in [1.82, 2.24) is 10.3 Å². The van der Waals surface area contributed by atoms with Crippen LogP contribution in [0.5, 0.6) is 0 Å². The predicted molar refractivity (Wildman–Crippen MR) is 83.4 cm³/mol. The summed E-state index contributed by atoms with van der Waals surface area (Å²) in [5, 5.41) is 15.9. The van der Waals surface area contributed by atoms with Crippen molar-refractivity contribution in [3.8, 4) is 0 Å². The third-order valence-corrected chi connectivity index (χ3v) is 4.17. The van der Waals surface area contributed by atoms with E-state index in [9.17, 15) is 14.4 Å². The molecule has 2 atom stereocenters. The summed E-state index contributed by atoms with van der Waals surface area (Å²) in [6.07, 6.45) is 1.03. The molecular weight excluding hydrogens is 322 g/mol. The minimum Gasteiger partial charge on any atom is -0.480 e. The van der Waals surface area contributed by atoms with Crippen molar-refractivity contribution in [3.63, 3.8) is 0 Å². The van der Waals surface area contributed by atoms with Crippen LogP contribution in [-0.2, 0) is 14.3 Å². The van der Waals surface area contributed by atoms with E-state index in [0.29, 0.717) is 13.0 Å². The van der Waals surface area contributed by atoms with Crippen LogP contribution in [0.25, 0.3) is 0 Å². The molecule has 2 rings (SSSR count). The molecule has 1 aromatic heterocycles. The van der Waals surface area contributed by atoms with Gasteiger partial charge in [-0.1, -0.05) is 13.8 Å². The highest BCUT2D eigenvalue weighted by atomic mass is 32.1. The number of nitrogens with zero attached hydrogens (tertiary/aromatic N) is 1. The van der Waals surface area contributed by atoms with E-state index < -0.39 is 24.0 Å². The molecule has 0 radical (unpaired) electrons. The summed E-state index contributed by atoms with van der Waals surface area (Å²) < 4.78 is 5.27. The van der Waals surface area contributed by atoms with E-state index in [1.54, 1.807) is 13.8 Å². The fourth-order valence-corrected chi connectivity index (χ4v) is 2.83. The summed E-state index contributed by atoms with van der Waals surface area (Å²) >= 11 is 1.10. The molecule has 2 heterocycles. The Balaban J connectivity index is 1.96. The number of rotatable bonds is 6. The SMILES string of the molecule is CC(C)C(NC(=O)c1csc(NC(=O)C2CCCO2)n1)C(=O)O. The van der Waals surface area contributed by atoms with Crippen LogP contribution in [0.15, 0.2) is 5.38 Å². The number of thiazole rings is 1. The lowest BCUT2D eigenvalue weighted by molar-refractivity contribution is -0.140. The molecule has 0 aliphatic carbocycles. The molecule has 2 amide bonds. The molecule has 3 N–H and O–H groups in total. The molecule has 1 saturated heterocycles. The van der Waals surface area contributed by atoms with Crippen molar-refractivity contribution in [3.05, 3.63) is 11.1 Å². The van der Waals surface area contributed by atoms with E-state index in [-0.39, 0.29) is 22.7 Å². The van der Waals surface area contributed by atoms with Crippen LogP contribution < -0.4 is 10.6 Å². The standard InChI is InChI=1S/C14H19N3O5S/c1-7(2)10(13(20)21)16-11(18)8-6-23-14(15-8)17-12(19)9-4-3-5-22-9/h6-7,9-10H,3-5H2,1-2H3,(H,16,18)(H,20,21)(H,15,17,19). The highest BCUT2D eigenvalue weighted by Gasteiger charge is 2.26. The second kappa shape index (κ2) is 7.51. The van der Waals surface area contributed by atoms with E-state index >= 15 is 0 Å². The third-order valence-electron chi connectivity index (χ3n) is 3.41. The van der Waals surface area contributed by atoms with E-state index in [1.807, 2.05) is 0 Å². The molecule has 0 aromatic carbocycles. The maximum Gasteiger partial charge on any atom is 0.326 e. The zero-order valence-corrected chi connectivity index (χ0v) is 13.7. The summed E-state index contributed by atoms with van der Waals surface area (Å²) in [7, 11) is 0. The van der Waals surface area contributed by atoms with E-state index in [2.05, 4.69) is 15.6 Å². The summed E-state index contributed by atoms with van der Waals surface area (Å²) in [5.74, 6) is -2.22. The maximum absolute atomic E-state index is 12.1. The van der Waals surface area contributed by atoms with Crippen molar-refractivity contribution in [1.29, 1.82) is 0 Å². The van der Waals surface area contributed by atoms with Crippen LogP contribution in [0.3, 0.4) is 0 Å². The molecule has 9 heteroatoms. The van der Waals surface area contributed by atoms with Gasteiger partial charge >= 0.3 is 5.97 Å².